The fourth-order valence-corrected chi connectivity index (χ4v) is 2.58. The summed E-state index contributed by atoms with van der Waals surface area (Å²) < 4.78 is 0. The van der Waals surface area contributed by atoms with Crippen molar-refractivity contribution in [2.45, 2.75) is 65.5 Å². The van der Waals surface area contributed by atoms with Gasteiger partial charge in [0.1, 0.15) is 5.82 Å². The zero-order valence-electron chi connectivity index (χ0n) is 13.3. The van der Waals surface area contributed by atoms with Gasteiger partial charge in [-0.3, -0.25) is 0 Å². The van der Waals surface area contributed by atoms with Gasteiger partial charge in [0, 0.05) is 24.8 Å². The molecule has 112 valence electrons. The van der Waals surface area contributed by atoms with E-state index < -0.39 is 0 Å². The predicted octanol–water partition coefficient (Wildman–Crippen LogP) is 3.52. The monoisotopic (exact) mass is 275 g/mol. The summed E-state index contributed by atoms with van der Waals surface area (Å²) in [6, 6.07) is 5.28. The Morgan fingerprint density at radius 1 is 1.20 bits per heavy atom. The first kappa shape index (κ1) is 15.3. The molecule has 1 aromatic rings. The third kappa shape index (κ3) is 4.20. The molecule has 1 saturated carbocycles. The van der Waals surface area contributed by atoms with Crippen LogP contribution >= 0.6 is 0 Å². The highest BCUT2D eigenvalue weighted by Gasteiger charge is 2.29. The quantitative estimate of drug-likeness (QED) is 0.699. The van der Waals surface area contributed by atoms with E-state index >= 15 is 0 Å². The fourth-order valence-electron chi connectivity index (χ4n) is 2.58. The van der Waals surface area contributed by atoms with Gasteiger partial charge in [0.15, 0.2) is 0 Å². The Morgan fingerprint density at radius 3 is 2.60 bits per heavy atom. The molecule has 0 unspecified atom stereocenters. The molecule has 0 aliphatic heterocycles. The summed E-state index contributed by atoms with van der Waals surface area (Å²) in [5.74, 6) is 1.20. The van der Waals surface area contributed by atoms with Gasteiger partial charge in [-0.15, -0.1) is 0 Å². The zero-order valence-corrected chi connectivity index (χ0v) is 13.3. The van der Waals surface area contributed by atoms with Crippen molar-refractivity contribution in [3.05, 3.63) is 23.4 Å². The number of nitrogens with zero attached hydrogens (tertiary/aromatic N) is 2. The Labute approximate surface area is 123 Å². The van der Waals surface area contributed by atoms with Crippen LogP contribution in [0.4, 0.5) is 5.82 Å². The predicted molar refractivity (Wildman–Crippen MR) is 86.3 cm³/mol. The van der Waals surface area contributed by atoms with Gasteiger partial charge in [0.25, 0.3) is 0 Å². The van der Waals surface area contributed by atoms with Crippen molar-refractivity contribution in [3.63, 3.8) is 0 Å². The Hall–Kier alpha value is -1.09. The van der Waals surface area contributed by atoms with Gasteiger partial charge in [0.2, 0.25) is 0 Å². The summed E-state index contributed by atoms with van der Waals surface area (Å²) in [5, 5.41) is 3.50. The number of aryl methyl sites for hydroxylation is 1. The molecule has 0 aromatic carbocycles. The average molecular weight is 275 g/mol. The van der Waals surface area contributed by atoms with Crippen LogP contribution in [0.1, 0.15) is 57.7 Å². The molecule has 20 heavy (non-hydrogen) atoms. The molecule has 0 saturated heterocycles. The van der Waals surface area contributed by atoms with Crippen LogP contribution in [0.3, 0.4) is 0 Å². The van der Waals surface area contributed by atoms with E-state index in [0.29, 0.717) is 0 Å². The van der Waals surface area contributed by atoms with Gasteiger partial charge in [-0.1, -0.05) is 20.8 Å². The Morgan fingerprint density at radius 2 is 2.00 bits per heavy atom. The lowest BCUT2D eigenvalue weighted by Crippen LogP contribution is -2.28. The largest absolute Gasteiger partial charge is 0.354 e. The van der Waals surface area contributed by atoms with Crippen molar-refractivity contribution in [3.8, 4) is 0 Å². The van der Waals surface area contributed by atoms with Crippen molar-refractivity contribution in [2.75, 3.05) is 18.0 Å². The Kier molecular flexibility index (Phi) is 5.84. The maximum atomic E-state index is 4.86. The van der Waals surface area contributed by atoms with E-state index in [1.807, 2.05) is 0 Å². The summed E-state index contributed by atoms with van der Waals surface area (Å²) >= 11 is 0. The molecule has 0 radical (unpaired) electrons. The van der Waals surface area contributed by atoms with Crippen LogP contribution in [0, 0.1) is 0 Å². The zero-order chi connectivity index (χ0) is 14.4. The van der Waals surface area contributed by atoms with Gasteiger partial charge in [-0.2, -0.15) is 0 Å². The van der Waals surface area contributed by atoms with Gasteiger partial charge in [0.05, 0.1) is 0 Å². The van der Waals surface area contributed by atoms with Crippen LogP contribution in [0.2, 0.25) is 0 Å². The number of aromatic nitrogens is 1. The minimum absolute atomic E-state index is 0.742. The molecule has 0 atom stereocenters. The number of hydrogen-bond acceptors (Lipinski definition) is 3. The first-order valence-electron chi connectivity index (χ1n) is 8.25. The SMILES string of the molecule is CCCNCc1cc(CC)nc(N(CCC)C2CC2)c1. The van der Waals surface area contributed by atoms with Crippen molar-refractivity contribution in [2.24, 2.45) is 0 Å². The van der Waals surface area contributed by atoms with Crippen LogP contribution in [-0.4, -0.2) is 24.1 Å². The van der Waals surface area contributed by atoms with Gasteiger partial charge < -0.3 is 10.2 Å². The molecule has 1 heterocycles. The van der Waals surface area contributed by atoms with Crippen LogP contribution in [0.5, 0.6) is 0 Å². The lowest BCUT2D eigenvalue weighted by molar-refractivity contribution is 0.672. The number of nitrogens with one attached hydrogen (secondary N) is 1. The lowest BCUT2D eigenvalue weighted by atomic mass is 10.1. The standard InChI is InChI=1S/C17H29N3/c1-4-9-18-13-14-11-15(6-3)19-17(12-14)20(10-5-2)16-7-8-16/h11-12,16,18H,4-10,13H2,1-3H3. The van der Waals surface area contributed by atoms with Crippen LogP contribution < -0.4 is 10.2 Å². The number of anilines is 1. The second kappa shape index (κ2) is 7.63. The summed E-state index contributed by atoms with van der Waals surface area (Å²) in [4.78, 5) is 7.37. The van der Waals surface area contributed by atoms with Gasteiger partial charge in [-0.05, 0) is 56.3 Å². The highest BCUT2D eigenvalue weighted by molar-refractivity contribution is 5.45. The number of pyridine rings is 1. The first-order valence-corrected chi connectivity index (χ1v) is 8.25. The van der Waals surface area contributed by atoms with Crippen LogP contribution in [0.15, 0.2) is 12.1 Å². The smallest absolute Gasteiger partial charge is 0.129 e. The van der Waals surface area contributed by atoms with E-state index in [1.54, 1.807) is 0 Å². The normalized spacial score (nSPS) is 14.6. The lowest BCUT2D eigenvalue weighted by Gasteiger charge is -2.24. The third-order valence-corrected chi connectivity index (χ3v) is 3.79. The maximum Gasteiger partial charge on any atom is 0.129 e. The second-order valence-electron chi connectivity index (χ2n) is 5.78. The molecule has 3 nitrogen and oxygen atoms in total. The molecule has 2 rings (SSSR count). The van der Waals surface area contributed by atoms with E-state index in [1.165, 1.54) is 42.8 Å². The van der Waals surface area contributed by atoms with E-state index in [0.717, 1.165) is 32.1 Å². The van der Waals surface area contributed by atoms with Crippen molar-refractivity contribution in [1.82, 2.24) is 10.3 Å². The van der Waals surface area contributed by atoms with Gasteiger partial charge in [-0.25, -0.2) is 4.98 Å². The average Bonchev–Trinajstić information content (AvgIpc) is 3.29. The Bertz CT molecular complexity index is 413. The molecule has 0 bridgehead atoms. The topological polar surface area (TPSA) is 28.2 Å². The molecule has 1 N–H and O–H groups in total. The minimum atomic E-state index is 0.742. The molecule has 1 aromatic heterocycles. The number of hydrogen-bond donors (Lipinski definition) is 1. The Balaban J connectivity index is 2.15. The van der Waals surface area contributed by atoms with Crippen molar-refractivity contribution >= 4 is 5.82 Å². The third-order valence-electron chi connectivity index (χ3n) is 3.79. The van der Waals surface area contributed by atoms with E-state index in [2.05, 4.69) is 43.1 Å². The van der Waals surface area contributed by atoms with Gasteiger partial charge >= 0.3 is 0 Å². The second-order valence-corrected chi connectivity index (χ2v) is 5.78. The highest BCUT2D eigenvalue weighted by Crippen LogP contribution is 2.31. The molecule has 1 aliphatic rings. The van der Waals surface area contributed by atoms with Crippen LogP contribution in [0.25, 0.3) is 0 Å². The van der Waals surface area contributed by atoms with E-state index in [-0.39, 0.29) is 0 Å². The summed E-state index contributed by atoms with van der Waals surface area (Å²) in [6.45, 7) is 9.83. The molecule has 1 aliphatic carbocycles. The molecule has 0 spiro atoms. The van der Waals surface area contributed by atoms with Crippen LogP contribution in [-0.2, 0) is 13.0 Å². The highest BCUT2D eigenvalue weighted by atomic mass is 15.2. The summed E-state index contributed by atoms with van der Waals surface area (Å²) in [5.41, 5.74) is 2.60. The van der Waals surface area contributed by atoms with E-state index in [9.17, 15) is 0 Å². The molecular weight excluding hydrogens is 246 g/mol. The van der Waals surface area contributed by atoms with E-state index in [4.69, 9.17) is 4.98 Å². The fraction of sp³-hybridized carbons (Fsp3) is 0.706. The van der Waals surface area contributed by atoms with Crippen molar-refractivity contribution < 1.29 is 0 Å². The molecule has 3 heteroatoms. The molecule has 1 fully saturated rings. The first-order chi connectivity index (χ1) is 9.78. The molecular formula is C17H29N3. The summed E-state index contributed by atoms with van der Waals surface area (Å²) in [7, 11) is 0. The maximum absolute atomic E-state index is 4.86. The number of rotatable bonds is 9. The van der Waals surface area contributed by atoms with Crippen molar-refractivity contribution in [1.29, 1.82) is 0 Å². The summed E-state index contributed by atoms with van der Waals surface area (Å²) in [6.07, 6.45) is 6.06. The minimum Gasteiger partial charge on any atom is -0.354 e. The molecule has 0 amide bonds.